The number of nitrogen functional groups attached to an aromatic ring is 1. The van der Waals surface area contributed by atoms with Gasteiger partial charge in [0.25, 0.3) is 0 Å². The molecule has 176 valence electrons. The summed E-state index contributed by atoms with van der Waals surface area (Å²) in [4.78, 5) is 14.9. The maximum absolute atomic E-state index is 12.9. The zero-order valence-electron chi connectivity index (χ0n) is 19.8. The highest BCUT2D eigenvalue weighted by molar-refractivity contribution is 5.97. The van der Waals surface area contributed by atoms with Gasteiger partial charge in [-0.1, -0.05) is 32.0 Å². The second kappa shape index (κ2) is 8.40. The third-order valence-electron chi connectivity index (χ3n) is 6.35. The minimum atomic E-state index is -1.15. The Morgan fingerprint density at radius 2 is 1.43 bits per heavy atom. The molecule has 6 heteroatoms. The summed E-state index contributed by atoms with van der Waals surface area (Å²) in [7, 11) is 1.95. The van der Waals surface area contributed by atoms with Crippen LogP contribution in [0.25, 0.3) is 0 Å². The van der Waals surface area contributed by atoms with Gasteiger partial charge in [0.05, 0.1) is 5.56 Å². The standard InChI is InChI=1S/C27H20N2O4.C2H6/c1-29(17-8-6-16(28)7-9-17)18-10-12-22-24(14-18)32-25-15-19(30)11-13-23(25)27(22)21-5-3-2-4-20(21)26(31)33-27;1-2/h2-15,30H,28H2,1H3;1-2H3. The van der Waals surface area contributed by atoms with Crippen LogP contribution in [0.15, 0.2) is 84.9 Å². The summed E-state index contributed by atoms with van der Waals surface area (Å²) in [5, 5.41) is 10.1. The summed E-state index contributed by atoms with van der Waals surface area (Å²) in [5.74, 6) is 0.678. The number of fused-ring (bicyclic) bond motifs is 6. The van der Waals surface area contributed by atoms with Crippen molar-refractivity contribution in [3.8, 4) is 17.2 Å². The predicted molar refractivity (Wildman–Crippen MR) is 137 cm³/mol. The SMILES string of the molecule is CC.CN(c1ccc(N)cc1)c1ccc2c(c1)Oc1cc(O)ccc1C21OC(=O)c2ccccc21. The Morgan fingerprint density at radius 3 is 2.17 bits per heavy atom. The molecular weight excluding hydrogens is 440 g/mol. The number of nitrogens with zero attached hydrogens (tertiary/aromatic N) is 1. The minimum absolute atomic E-state index is 0.0695. The monoisotopic (exact) mass is 466 g/mol. The highest BCUT2D eigenvalue weighted by Gasteiger charge is 2.53. The van der Waals surface area contributed by atoms with Crippen molar-refractivity contribution in [1.82, 2.24) is 0 Å². The molecule has 1 unspecified atom stereocenters. The molecule has 0 aromatic heterocycles. The molecule has 0 bridgehead atoms. The quantitative estimate of drug-likeness (QED) is 0.265. The molecule has 0 amide bonds. The van der Waals surface area contributed by atoms with Crippen LogP contribution in [0.5, 0.6) is 17.2 Å². The van der Waals surface area contributed by atoms with E-state index in [2.05, 4.69) is 0 Å². The fraction of sp³-hybridized carbons (Fsp3) is 0.138. The van der Waals surface area contributed by atoms with Gasteiger partial charge >= 0.3 is 5.97 Å². The van der Waals surface area contributed by atoms with Gasteiger partial charge in [-0.2, -0.15) is 0 Å². The molecule has 6 rings (SSSR count). The van der Waals surface area contributed by atoms with Crippen LogP contribution in [0.1, 0.15) is 40.9 Å². The number of hydrogen-bond donors (Lipinski definition) is 2. The van der Waals surface area contributed by atoms with Gasteiger partial charge in [0.2, 0.25) is 0 Å². The van der Waals surface area contributed by atoms with E-state index in [1.807, 2.05) is 86.5 Å². The van der Waals surface area contributed by atoms with Crippen molar-refractivity contribution in [2.75, 3.05) is 17.7 Å². The predicted octanol–water partition coefficient (Wildman–Crippen LogP) is 6.34. The summed E-state index contributed by atoms with van der Waals surface area (Å²) >= 11 is 0. The van der Waals surface area contributed by atoms with Crippen molar-refractivity contribution in [1.29, 1.82) is 0 Å². The van der Waals surface area contributed by atoms with E-state index >= 15 is 0 Å². The van der Waals surface area contributed by atoms with Crippen LogP contribution in [0.3, 0.4) is 0 Å². The molecule has 2 aliphatic rings. The van der Waals surface area contributed by atoms with Crippen LogP contribution in [0, 0.1) is 0 Å². The Labute approximate surface area is 204 Å². The van der Waals surface area contributed by atoms with Crippen LogP contribution in [0.2, 0.25) is 0 Å². The summed E-state index contributed by atoms with van der Waals surface area (Å²) < 4.78 is 12.4. The number of anilines is 3. The average Bonchev–Trinajstić information content (AvgIpc) is 3.18. The van der Waals surface area contributed by atoms with E-state index in [0.717, 1.165) is 22.5 Å². The van der Waals surface area contributed by atoms with Gasteiger partial charge in [0, 0.05) is 52.9 Å². The van der Waals surface area contributed by atoms with Crippen molar-refractivity contribution >= 4 is 23.0 Å². The van der Waals surface area contributed by atoms with Crippen molar-refractivity contribution in [2.24, 2.45) is 0 Å². The lowest BCUT2D eigenvalue weighted by Gasteiger charge is -2.37. The fourth-order valence-electron chi connectivity index (χ4n) is 4.71. The molecule has 2 aliphatic heterocycles. The topological polar surface area (TPSA) is 85.0 Å². The van der Waals surface area contributed by atoms with Crippen molar-refractivity contribution in [3.63, 3.8) is 0 Å². The molecule has 4 aromatic rings. The summed E-state index contributed by atoms with van der Waals surface area (Å²) in [6, 6.07) is 25.7. The van der Waals surface area contributed by atoms with Crippen molar-refractivity contribution in [3.05, 3.63) is 107 Å². The lowest BCUT2D eigenvalue weighted by molar-refractivity contribution is 0.0224. The van der Waals surface area contributed by atoms with E-state index in [1.54, 1.807) is 24.3 Å². The number of ether oxygens (including phenoxy) is 2. The van der Waals surface area contributed by atoms with Gasteiger partial charge in [-0.25, -0.2) is 4.79 Å². The fourth-order valence-corrected chi connectivity index (χ4v) is 4.71. The zero-order chi connectivity index (χ0) is 24.7. The van der Waals surface area contributed by atoms with Crippen LogP contribution in [-0.4, -0.2) is 18.1 Å². The number of benzene rings is 4. The van der Waals surface area contributed by atoms with Gasteiger partial charge < -0.3 is 25.2 Å². The number of hydrogen-bond acceptors (Lipinski definition) is 6. The molecule has 3 N–H and O–H groups in total. The Bertz CT molecular complexity index is 1430. The first-order chi connectivity index (χ1) is 17.0. The van der Waals surface area contributed by atoms with Crippen LogP contribution in [0.4, 0.5) is 17.1 Å². The number of nitrogens with two attached hydrogens (primary N) is 1. The largest absolute Gasteiger partial charge is 0.508 e. The molecule has 35 heavy (non-hydrogen) atoms. The average molecular weight is 467 g/mol. The molecule has 0 saturated carbocycles. The number of carbonyl (C=O) groups is 1. The molecule has 4 aromatic carbocycles. The maximum Gasteiger partial charge on any atom is 0.340 e. The van der Waals surface area contributed by atoms with Crippen LogP contribution < -0.4 is 15.4 Å². The number of esters is 1. The Hall–Kier alpha value is -4.45. The smallest absolute Gasteiger partial charge is 0.340 e. The molecule has 0 aliphatic carbocycles. The van der Waals surface area contributed by atoms with E-state index in [0.29, 0.717) is 28.3 Å². The molecule has 6 nitrogen and oxygen atoms in total. The van der Waals surface area contributed by atoms with Gasteiger partial charge in [0.15, 0.2) is 5.60 Å². The second-order valence-corrected chi connectivity index (χ2v) is 8.23. The van der Waals surface area contributed by atoms with E-state index in [-0.39, 0.29) is 11.7 Å². The Morgan fingerprint density at radius 1 is 0.800 bits per heavy atom. The Kier molecular flexibility index (Phi) is 5.36. The lowest BCUT2D eigenvalue weighted by Crippen LogP contribution is -2.33. The second-order valence-electron chi connectivity index (χ2n) is 8.23. The first-order valence-electron chi connectivity index (χ1n) is 11.6. The molecule has 0 radical (unpaired) electrons. The Balaban J connectivity index is 0.00000124. The lowest BCUT2D eigenvalue weighted by atomic mass is 9.77. The van der Waals surface area contributed by atoms with Gasteiger partial charge in [0.1, 0.15) is 17.2 Å². The molecule has 1 atom stereocenters. The number of phenolic OH excluding ortho intramolecular Hbond substituents is 1. The first kappa shape index (κ1) is 22.3. The van der Waals surface area contributed by atoms with Crippen LogP contribution in [-0.2, 0) is 10.3 Å². The zero-order valence-corrected chi connectivity index (χ0v) is 19.8. The number of phenols is 1. The minimum Gasteiger partial charge on any atom is -0.508 e. The number of rotatable bonds is 2. The molecule has 1 spiro atoms. The summed E-state index contributed by atoms with van der Waals surface area (Å²) in [6.07, 6.45) is 0. The van der Waals surface area contributed by atoms with Crippen molar-refractivity contribution < 1.29 is 19.4 Å². The van der Waals surface area contributed by atoms with Crippen LogP contribution >= 0.6 is 0 Å². The maximum atomic E-state index is 12.9. The van der Waals surface area contributed by atoms with E-state index in [4.69, 9.17) is 15.2 Å². The molecular formula is C29H26N2O4. The third kappa shape index (κ3) is 3.37. The highest BCUT2D eigenvalue weighted by atomic mass is 16.6. The van der Waals surface area contributed by atoms with Gasteiger partial charge in [-0.15, -0.1) is 0 Å². The molecule has 2 heterocycles. The third-order valence-corrected chi connectivity index (χ3v) is 6.35. The molecule has 0 fully saturated rings. The van der Waals surface area contributed by atoms with Gasteiger partial charge in [-0.05, 0) is 54.6 Å². The van der Waals surface area contributed by atoms with E-state index < -0.39 is 5.60 Å². The number of carbonyl (C=O) groups excluding carboxylic acids is 1. The van der Waals surface area contributed by atoms with E-state index in [9.17, 15) is 9.90 Å². The summed E-state index contributed by atoms with van der Waals surface area (Å²) in [6.45, 7) is 4.00. The highest BCUT2D eigenvalue weighted by Crippen LogP contribution is 2.57. The van der Waals surface area contributed by atoms with Crippen molar-refractivity contribution in [2.45, 2.75) is 19.4 Å². The normalized spacial score (nSPS) is 16.7. The van der Waals surface area contributed by atoms with Gasteiger partial charge in [-0.3, -0.25) is 0 Å². The number of aromatic hydroxyl groups is 1. The van der Waals surface area contributed by atoms with E-state index in [1.165, 1.54) is 0 Å². The first-order valence-corrected chi connectivity index (χ1v) is 11.6. The molecule has 0 saturated heterocycles. The summed E-state index contributed by atoms with van der Waals surface area (Å²) in [5.41, 5.74) is 9.90.